The lowest BCUT2D eigenvalue weighted by atomic mass is 9.97. The Labute approximate surface area is 151 Å². The molecule has 0 aromatic heterocycles. The summed E-state index contributed by atoms with van der Waals surface area (Å²) in [5.41, 5.74) is 2.60. The normalized spacial score (nSPS) is 16.3. The number of benzene rings is 2. The number of hydrogen-bond acceptors (Lipinski definition) is 4. The monoisotopic (exact) mass is 352 g/mol. The predicted octanol–water partition coefficient (Wildman–Crippen LogP) is 3.24. The number of carbonyl (C=O) groups excluding carboxylic acids is 1. The van der Waals surface area contributed by atoms with Crippen molar-refractivity contribution in [2.45, 2.75) is 25.3 Å². The van der Waals surface area contributed by atoms with Crippen LogP contribution in [0.1, 0.15) is 36.4 Å². The summed E-state index contributed by atoms with van der Waals surface area (Å²) in [4.78, 5) is 23.5. The Morgan fingerprint density at radius 1 is 1.12 bits per heavy atom. The van der Waals surface area contributed by atoms with Crippen LogP contribution < -0.4 is 4.74 Å². The second-order valence-corrected chi connectivity index (χ2v) is 6.01. The van der Waals surface area contributed by atoms with Gasteiger partial charge in [0.2, 0.25) is 5.91 Å². The number of para-hydroxylation sites is 1. The van der Waals surface area contributed by atoms with Crippen LogP contribution in [0.2, 0.25) is 0 Å². The number of aliphatic carboxylic acids is 1. The second kappa shape index (κ2) is 7.82. The van der Waals surface area contributed by atoms with Crippen LogP contribution in [0.5, 0.6) is 5.75 Å². The fourth-order valence-corrected chi connectivity index (χ4v) is 3.06. The van der Waals surface area contributed by atoms with Crippen molar-refractivity contribution in [2.24, 2.45) is 5.10 Å². The molecule has 0 saturated heterocycles. The Hall–Kier alpha value is -3.15. The first-order chi connectivity index (χ1) is 12.6. The molecule has 2 aromatic carbocycles. The van der Waals surface area contributed by atoms with E-state index >= 15 is 0 Å². The number of rotatable bonds is 6. The molecule has 0 bridgehead atoms. The van der Waals surface area contributed by atoms with Crippen molar-refractivity contribution in [1.82, 2.24) is 5.01 Å². The molecule has 1 aliphatic rings. The molecule has 1 amide bonds. The molecule has 1 aliphatic heterocycles. The molecule has 1 heterocycles. The molecular weight excluding hydrogens is 332 g/mol. The van der Waals surface area contributed by atoms with Crippen LogP contribution in [0.4, 0.5) is 0 Å². The average molecular weight is 352 g/mol. The second-order valence-electron chi connectivity index (χ2n) is 6.01. The standard InChI is InChI=1S/C20H20N2O4/c1-26-18-10-6-5-9-15(18)17-13-16(14-7-3-2-4-8-14)21-22(17)19(23)11-12-20(24)25/h2-10,17H,11-13H2,1H3,(H,24,25)/t17-/m0/s1. The number of nitrogens with zero attached hydrogens (tertiary/aromatic N) is 2. The fourth-order valence-electron chi connectivity index (χ4n) is 3.06. The van der Waals surface area contributed by atoms with Crippen molar-refractivity contribution in [3.8, 4) is 5.75 Å². The number of carboxylic acids is 1. The van der Waals surface area contributed by atoms with E-state index in [0.29, 0.717) is 12.2 Å². The lowest BCUT2D eigenvalue weighted by Gasteiger charge is -2.23. The molecule has 26 heavy (non-hydrogen) atoms. The van der Waals surface area contributed by atoms with E-state index < -0.39 is 5.97 Å². The molecule has 0 fully saturated rings. The molecular formula is C20H20N2O4. The van der Waals surface area contributed by atoms with Crippen molar-refractivity contribution >= 4 is 17.6 Å². The van der Waals surface area contributed by atoms with Gasteiger partial charge in [-0.2, -0.15) is 5.10 Å². The first kappa shape index (κ1) is 17.7. The number of carboxylic acid groups (broad SMARTS) is 1. The highest BCUT2D eigenvalue weighted by molar-refractivity contribution is 6.03. The largest absolute Gasteiger partial charge is 0.496 e. The van der Waals surface area contributed by atoms with Gasteiger partial charge < -0.3 is 9.84 Å². The molecule has 1 atom stereocenters. The molecule has 134 valence electrons. The smallest absolute Gasteiger partial charge is 0.303 e. The third-order valence-electron chi connectivity index (χ3n) is 4.32. The van der Waals surface area contributed by atoms with Gasteiger partial charge in [0.25, 0.3) is 0 Å². The average Bonchev–Trinajstić information content (AvgIpc) is 3.12. The Bertz CT molecular complexity index is 833. The van der Waals surface area contributed by atoms with Gasteiger partial charge in [-0.05, 0) is 11.6 Å². The Morgan fingerprint density at radius 2 is 1.81 bits per heavy atom. The lowest BCUT2D eigenvalue weighted by molar-refractivity contribution is -0.141. The zero-order chi connectivity index (χ0) is 18.5. The molecule has 1 N–H and O–H groups in total. The van der Waals surface area contributed by atoms with Crippen molar-refractivity contribution in [3.63, 3.8) is 0 Å². The third kappa shape index (κ3) is 3.74. The summed E-state index contributed by atoms with van der Waals surface area (Å²) in [6.45, 7) is 0. The molecule has 0 aliphatic carbocycles. The number of amides is 1. The van der Waals surface area contributed by atoms with E-state index in [1.807, 2.05) is 54.6 Å². The van der Waals surface area contributed by atoms with Crippen molar-refractivity contribution in [1.29, 1.82) is 0 Å². The molecule has 0 radical (unpaired) electrons. The summed E-state index contributed by atoms with van der Waals surface area (Å²) in [6, 6.07) is 16.8. The van der Waals surface area contributed by atoms with Gasteiger partial charge in [0, 0.05) is 18.4 Å². The van der Waals surface area contributed by atoms with E-state index in [1.54, 1.807) is 7.11 Å². The Kier molecular flexibility index (Phi) is 5.31. The maximum atomic E-state index is 12.6. The highest BCUT2D eigenvalue weighted by Gasteiger charge is 2.34. The quantitative estimate of drug-likeness (QED) is 0.865. The van der Waals surface area contributed by atoms with Gasteiger partial charge in [-0.1, -0.05) is 48.5 Å². The zero-order valence-electron chi connectivity index (χ0n) is 14.5. The summed E-state index contributed by atoms with van der Waals surface area (Å²) in [6.07, 6.45) is 0.236. The van der Waals surface area contributed by atoms with Gasteiger partial charge in [-0.15, -0.1) is 0 Å². The highest BCUT2D eigenvalue weighted by atomic mass is 16.5. The van der Waals surface area contributed by atoms with Gasteiger partial charge in [-0.25, -0.2) is 5.01 Å². The van der Waals surface area contributed by atoms with Crippen molar-refractivity contribution in [2.75, 3.05) is 7.11 Å². The molecule has 6 heteroatoms. The first-order valence-electron chi connectivity index (χ1n) is 8.40. The summed E-state index contributed by atoms with van der Waals surface area (Å²) >= 11 is 0. The summed E-state index contributed by atoms with van der Waals surface area (Å²) in [5.74, 6) is -0.633. The third-order valence-corrected chi connectivity index (χ3v) is 4.32. The summed E-state index contributed by atoms with van der Waals surface area (Å²) < 4.78 is 5.44. The van der Waals surface area contributed by atoms with Gasteiger partial charge in [0.05, 0.1) is 25.3 Å². The van der Waals surface area contributed by atoms with Crippen molar-refractivity contribution in [3.05, 3.63) is 65.7 Å². The van der Waals surface area contributed by atoms with Crippen LogP contribution in [0.3, 0.4) is 0 Å². The molecule has 0 unspecified atom stereocenters. The fraction of sp³-hybridized carbons (Fsp3) is 0.250. The Morgan fingerprint density at radius 3 is 2.50 bits per heavy atom. The minimum atomic E-state index is -1.00. The maximum absolute atomic E-state index is 12.6. The van der Waals surface area contributed by atoms with Crippen LogP contribution in [-0.4, -0.2) is 34.8 Å². The van der Waals surface area contributed by atoms with E-state index in [4.69, 9.17) is 9.84 Å². The van der Waals surface area contributed by atoms with Crippen LogP contribution in [0.25, 0.3) is 0 Å². The van der Waals surface area contributed by atoms with E-state index in [9.17, 15) is 9.59 Å². The van der Waals surface area contributed by atoms with Gasteiger partial charge in [0.15, 0.2) is 0 Å². The molecule has 0 spiro atoms. The zero-order valence-corrected chi connectivity index (χ0v) is 14.5. The Balaban J connectivity index is 1.94. The SMILES string of the molecule is COc1ccccc1[C@@H]1CC(c2ccccc2)=NN1C(=O)CCC(=O)O. The predicted molar refractivity (Wildman–Crippen MR) is 97.0 cm³/mol. The first-order valence-corrected chi connectivity index (χ1v) is 8.40. The molecule has 3 rings (SSSR count). The van der Waals surface area contributed by atoms with E-state index in [2.05, 4.69) is 5.10 Å². The highest BCUT2D eigenvalue weighted by Crippen LogP contribution is 2.37. The van der Waals surface area contributed by atoms with E-state index in [-0.39, 0.29) is 24.8 Å². The summed E-state index contributed by atoms with van der Waals surface area (Å²) in [7, 11) is 1.59. The number of hydrogen-bond donors (Lipinski definition) is 1. The maximum Gasteiger partial charge on any atom is 0.303 e. The lowest BCUT2D eigenvalue weighted by Crippen LogP contribution is -2.27. The number of hydrazone groups is 1. The number of methoxy groups -OCH3 is 1. The van der Waals surface area contributed by atoms with Gasteiger partial charge >= 0.3 is 5.97 Å². The van der Waals surface area contributed by atoms with Gasteiger partial charge in [0.1, 0.15) is 5.75 Å². The number of carbonyl (C=O) groups is 2. The van der Waals surface area contributed by atoms with Crippen LogP contribution >= 0.6 is 0 Å². The van der Waals surface area contributed by atoms with E-state index in [1.165, 1.54) is 5.01 Å². The minimum absolute atomic E-state index is 0.0907. The molecule has 6 nitrogen and oxygen atoms in total. The number of ether oxygens (including phenoxy) is 1. The summed E-state index contributed by atoms with van der Waals surface area (Å²) in [5, 5.41) is 14.8. The topological polar surface area (TPSA) is 79.2 Å². The minimum Gasteiger partial charge on any atom is -0.496 e. The van der Waals surface area contributed by atoms with Crippen LogP contribution in [0.15, 0.2) is 59.7 Å². The van der Waals surface area contributed by atoms with Crippen LogP contribution in [0, 0.1) is 0 Å². The molecule has 2 aromatic rings. The molecule has 0 saturated carbocycles. The van der Waals surface area contributed by atoms with Crippen molar-refractivity contribution < 1.29 is 19.4 Å². The van der Waals surface area contributed by atoms with Gasteiger partial charge in [-0.3, -0.25) is 9.59 Å². The van der Waals surface area contributed by atoms with E-state index in [0.717, 1.165) is 16.8 Å². The van der Waals surface area contributed by atoms with Crippen LogP contribution in [-0.2, 0) is 9.59 Å².